The Balaban J connectivity index is 1.30. The summed E-state index contributed by atoms with van der Waals surface area (Å²) in [5.74, 6) is 0.0774. The summed E-state index contributed by atoms with van der Waals surface area (Å²) in [5.41, 5.74) is 6.77. The molecular weight excluding hydrogens is 485 g/mol. The minimum Gasteiger partial charge on any atom is -0.337 e. The average Bonchev–Trinajstić information content (AvgIpc) is 3.69. The normalized spacial score (nSPS) is 14.6. The van der Waals surface area contributed by atoms with Gasteiger partial charge in [0.25, 0.3) is 0 Å². The van der Waals surface area contributed by atoms with Crippen molar-refractivity contribution in [1.29, 1.82) is 0 Å². The molecule has 184 valence electrons. The van der Waals surface area contributed by atoms with Gasteiger partial charge in [-0.25, -0.2) is 9.37 Å². The molecule has 2 N–H and O–H groups in total. The van der Waals surface area contributed by atoms with Crippen LogP contribution in [0.2, 0.25) is 0 Å². The molecule has 7 nitrogen and oxygen atoms in total. The monoisotopic (exact) mass is 509 g/mol. The molecule has 7 rings (SSSR count). The Morgan fingerprint density at radius 3 is 2.76 bits per heavy atom. The molecule has 0 aliphatic carbocycles. The Labute approximate surface area is 216 Å². The summed E-state index contributed by atoms with van der Waals surface area (Å²) in [6.45, 7) is 2.99. The van der Waals surface area contributed by atoms with Gasteiger partial charge in [0, 0.05) is 30.1 Å². The van der Waals surface area contributed by atoms with Crippen LogP contribution in [0.15, 0.2) is 59.7 Å². The zero-order chi connectivity index (χ0) is 24.8. The van der Waals surface area contributed by atoms with Gasteiger partial charge in [0.2, 0.25) is 0 Å². The van der Waals surface area contributed by atoms with Gasteiger partial charge < -0.3 is 4.98 Å². The van der Waals surface area contributed by atoms with Crippen LogP contribution >= 0.6 is 11.3 Å². The molecule has 0 unspecified atom stereocenters. The van der Waals surface area contributed by atoms with Crippen LogP contribution in [0.25, 0.3) is 55.8 Å². The predicted molar refractivity (Wildman–Crippen MR) is 145 cm³/mol. The fourth-order valence-electron chi connectivity index (χ4n) is 5.22. The molecule has 37 heavy (non-hydrogen) atoms. The Hall–Kier alpha value is -3.95. The fraction of sp³-hybridized carbons (Fsp3) is 0.214. The van der Waals surface area contributed by atoms with E-state index in [0.717, 1.165) is 47.4 Å². The number of imidazole rings is 1. The summed E-state index contributed by atoms with van der Waals surface area (Å²) in [5, 5.41) is 11.9. The number of benzene rings is 1. The Morgan fingerprint density at radius 1 is 0.973 bits per heavy atom. The van der Waals surface area contributed by atoms with E-state index in [-0.39, 0.29) is 5.69 Å². The average molecular weight is 510 g/mol. The van der Waals surface area contributed by atoms with Gasteiger partial charge in [0.1, 0.15) is 11.4 Å². The van der Waals surface area contributed by atoms with Gasteiger partial charge in [-0.2, -0.15) is 16.4 Å². The van der Waals surface area contributed by atoms with Crippen molar-refractivity contribution in [1.82, 2.24) is 35.0 Å². The van der Waals surface area contributed by atoms with E-state index in [1.54, 1.807) is 23.7 Å². The van der Waals surface area contributed by atoms with Crippen molar-refractivity contribution >= 4 is 33.3 Å². The largest absolute Gasteiger partial charge is 0.337 e. The van der Waals surface area contributed by atoms with Crippen molar-refractivity contribution < 1.29 is 4.39 Å². The van der Waals surface area contributed by atoms with Crippen LogP contribution in [0.3, 0.4) is 0 Å². The summed E-state index contributed by atoms with van der Waals surface area (Å²) in [4.78, 5) is 19.4. The number of aromatic amines is 2. The third kappa shape index (κ3) is 4.00. The van der Waals surface area contributed by atoms with E-state index in [1.807, 2.05) is 35.8 Å². The first kappa shape index (κ1) is 22.3. The zero-order valence-corrected chi connectivity index (χ0v) is 20.9. The standard InChI is InChI=1S/C28H24FN7S/c29-24-23-22(14-31-25(24)19-11-17(12-30-13-19)15-36-8-2-1-3-9-36)34-35-27(23)28-32-21-6-4-5-20(26(21)33-28)18-7-10-37-16-18/h4-7,10-14,16H,1-3,8-9,15H2,(H,32,33)(H,34,35). The number of piperidine rings is 1. The minimum atomic E-state index is -0.434. The number of likely N-dealkylation sites (tertiary alicyclic amines) is 1. The van der Waals surface area contributed by atoms with E-state index < -0.39 is 5.82 Å². The molecule has 9 heteroatoms. The number of nitrogens with zero attached hydrogens (tertiary/aromatic N) is 5. The molecular formula is C28H24FN7S. The second-order valence-electron chi connectivity index (χ2n) is 9.50. The van der Waals surface area contributed by atoms with Crippen molar-refractivity contribution in [3.8, 4) is 33.9 Å². The number of para-hydroxylation sites is 1. The maximum atomic E-state index is 16.1. The van der Waals surface area contributed by atoms with Crippen LogP contribution in [0, 0.1) is 5.82 Å². The summed E-state index contributed by atoms with van der Waals surface area (Å²) >= 11 is 1.64. The van der Waals surface area contributed by atoms with Crippen LogP contribution in [0.4, 0.5) is 4.39 Å². The van der Waals surface area contributed by atoms with E-state index in [1.165, 1.54) is 19.3 Å². The predicted octanol–water partition coefficient (Wildman–Crippen LogP) is 6.42. The number of nitrogens with one attached hydrogen (secondary N) is 2. The Kier molecular flexibility index (Phi) is 5.52. The number of fused-ring (bicyclic) bond motifs is 2. The highest BCUT2D eigenvalue weighted by Gasteiger charge is 2.21. The van der Waals surface area contributed by atoms with Crippen LogP contribution in [-0.4, -0.2) is 48.1 Å². The second kappa shape index (κ2) is 9.17. The van der Waals surface area contributed by atoms with Gasteiger partial charge in [-0.1, -0.05) is 18.6 Å². The third-order valence-electron chi connectivity index (χ3n) is 7.04. The molecule has 0 radical (unpaired) electrons. The number of hydrogen-bond acceptors (Lipinski definition) is 6. The molecule has 1 saturated heterocycles. The molecule has 0 spiro atoms. The van der Waals surface area contributed by atoms with E-state index in [2.05, 4.69) is 41.5 Å². The quantitative estimate of drug-likeness (QED) is 0.280. The van der Waals surface area contributed by atoms with Crippen LogP contribution in [-0.2, 0) is 6.54 Å². The summed E-state index contributed by atoms with van der Waals surface area (Å²) in [7, 11) is 0. The van der Waals surface area contributed by atoms with Crippen molar-refractivity contribution in [2.75, 3.05) is 13.1 Å². The summed E-state index contributed by atoms with van der Waals surface area (Å²) in [6, 6.07) is 10.1. The number of hydrogen-bond donors (Lipinski definition) is 2. The van der Waals surface area contributed by atoms with E-state index in [0.29, 0.717) is 28.0 Å². The molecule has 1 fully saturated rings. The zero-order valence-electron chi connectivity index (χ0n) is 20.0. The van der Waals surface area contributed by atoms with E-state index in [4.69, 9.17) is 4.98 Å². The smallest absolute Gasteiger partial charge is 0.161 e. The second-order valence-corrected chi connectivity index (χ2v) is 10.3. The molecule has 0 atom stereocenters. The maximum absolute atomic E-state index is 16.1. The lowest BCUT2D eigenvalue weighted by molar-refractivity contribution is 0.220. The highest BCUT2D eigenvalue weighted by atomic mass is 32.1. The Morgan fingerprint density at radius 2 is 1.89 bits per heavy atom. The molecule has 1 aromatic carbocycles. The van der Waals surface area contributed by atoms with E-state index >= 15 is 4.39 Å². The highest BCUT2D eigenvalue weighted by Crippen LogP contribution is 2.35. The van der Waals surface area contributed by atoms with Crippen molar-refractivity contribution in [2.45, 2.75) is 25.8 Å². The van der Waals surface area contributed by atoms with Gasteiger partial charge >= 0.3 is 0 Å². The highest BCUT2D eigenvalue weighted by molar-refractivity contribution is 7.08. The van der Waals surface area contributed by atoms with Gasteiger partial charge in [-0.05, 0) is 66.0 Å². The molecule has 1 aliphatic rings. The maximum Gasteiger partial charge on any atom is 0.161 e. The number of rotatable bonds is 5. The first-order chi connectivity index (χ1) is 18.2. The van der Waals surface area contributed by atoms with Crippen LogP contribution < -0.4 is 0 Å². The lowest BCUT2D eigenvalue weighted by Gasteiger charge is -2.26. The lowest BCUT2D eigenvalue weighted by Crippen LogP contribution is -2.29. The minimum absolute atomic E-state index is 0.262. The molecule has 6 aromatic rings. The van der Waals surface area contributed by atoms with Crippen molar-refractivity contribution in [3.05, 3.63) is 71.1 Å². The number of halogens is 1. The number of pyridine rings is 2. The first-order valence-corrected chi connectivity index (χ1v) is 13.4. The number of thiophene rings is 1. The molecule has 0 saturated carbocycles. The first-order valence-electron chi connectivity index (χ1n) is 12.5. The van der Waals surface area contributed by atoms with Gasteiger partial charge in [-0.15, -0.1) is 0 Å². The topological polar surface area (TPSA) is 86.4 Å². The van der Waals surface area contributed by atoms with E-state index in [9.17, 15) is 0 Å². The third-order valence-corrected chi connectivity index (χ3v) is 7.72. The number of H-pyrrole nitrogens is 2. The van der Waals surface area contributed by atoms with Crippen molar-refractivity contribution in [3.63, 3.8) is 0 Å². The molecule has 1 aliphatic heterocycles. The molecule has 0 amide bonds. The summed E-state index contributed by atoms with van der Waals surface area (Å²) in [6.07, 6.45) is 8.89. The van der Waals surface area contributed by atoms with Gasteiger partial charge in [0.15, 0.2) is 11.6 Å². The lowest BCUT2D eigenvalue weighted by atomic mass is 10.1. The van der Waals surface area contributed by atoms with Gasteiger partial charge in [0.05, 0.1) is 28.1 Å². The number of aromatic nitrogens is 6. The van der Waals surface area contributed by atoms with Crippen LogP contribution in [0.1, 0.15) is 24.8 Å². The summed E-state index contributed by atoms with van der Waals surface area (Å²) < 4.78 is 16.1. The van der Waals surface area contributed by atoms with Crippen LogP contribution in [0.5, 0.6) is 0 Å². The van der Waals surface area contributed by atoms with Crippen molar-refractivity contribution in [2.24, 2.45) is 0 Å². The van der Waals surface area contributed by atoms with Gasteiger partial charge in [-0.3, -0.25) is 20.0 Å². The SMILES string of the molecule is Fc1c(-c2cncc(CN3CCCCC3)c2)ncc2[nH]nc(-c3nc4c(-c5ccsc5)cccc4[nH]3)c12. The Bertz CT molecular complexity index is 1710. The fourth-order valence-corrected chi connectivity index (χ4v) is 5.88. The molecule has 6 heterocycles. The molecule has 5 aromatic heterocycles. The molecule has 0 bridgehead atoms.